The van der Waals surface area contributed by atoms with Crippen molar-refractivity contribution in [2.75, 3.05) is 13.1 Å². The first kappa shape index (κ1) is 11.7. The number of rotatable bonds is 4. The molecule has 1 aromatic heterocycles. The Balaban J connectivity index is 1.67. The van der Waals surface area contributed by atoms with Gasteiger partial charge >= 0.3 is 0 Å². The summed E-state index contributed by atoms with van der Waals surface area (Å²) >= 11 is 0. The number of aromatic nitrogens is 2. The van der Waals surface area contributed by atoms with Crippen molar-refractivity contribution >= 4 is 5.91 Å². The molecule has 3 rings (SSSR count). The van der Waals surface area contributed by atoms with Crippen LogP contribution in [0, 0.1) is 5.41 Å². The highest BCUT2D eigenvalue weighted by Gasteiger charge is 2.40. The smallest absolute Gasteiger partial charge is 0.272 e. The van der Waals surface area contributed by atoms with E-state index in [1.165, 1.54) is 12.8 Å². The average Bonchev–Trinajstić information content (AvgIpc) is 3.07. The summed E-state index contributed by atoms with van der Waals surface area (Å²) in [7, 11) is 0. The quantitative estimate of drug-likeness (QED) is 0.744. The summed E-state index contributed by atoms with van der Waals surface area (Å²) in [5, 5.41) is 13.5. The lowest BCUT2D eigenvalue weighted by Crippen LogP contribution is -2.32. The fourth-order valence-corrected chi connectivity index (χ4v) is 2.60. The molecule has 1 aliphatic heterocycles. The maximum absolute atomic E-state index is 12.1. The van der Waals surface area contributed by atoms with E-state index in [0.29, 0.717) is 11.1 Å². The third kappa shape index (κ3) is 2.03. The predicted molar refractivity (Wildman–Crippen MR) is 68.3 cm³/mol. The van der Waals surface area contributed by atoms with Gasteiger partial charge in [-0.25, -0.2) is 0 Å². The van der Waals surface area contributed by atoms with Crippen molar-refractivity contribution in [1.29, 1.82) is 0 Å². The van der Waals surface area contributed by atoms with Crippen LogP contribution < -0.4 is 10.6 Å². The van der Waals surface area contributed by atoms with E-state index in [2.05, 4.69) is 27.8 Å². The van der Waals surface area contributed by atoms with Crippen molar-refractivity contribution in [2.24, 2.45) is 5.41 Å². The minimum absolute atomic E-state index is 0.0316. The molecule has 5 heteroatoms. The molecular formula is C13H20N4O. The van der Waals surface area contributed by atoms with E-state index in [9.17, 15) is 4.79 Å². The van der Waals surface area contributed by atoms with E-state index in [-0.39, 0.29) is 5.91 Å². The van der Waals surface area contributed by atoms with Gasteiger partial charge in [0.25, 0.3) is 5.91 Å². The third-order valence-electron chi connectivity index (χ3n) is 4.35. The summed E-state index contributed by atoms with van der Waals surface area (Å²) < 4.78 is 0. The van der Waals surface area contributed by atoms with Crippen LogP contribution in [0.5, 0.6) is 0 Å². The predicted octanol–water partition coefficient (Wildman–Crippen LogP) is 0.975. The number of nitrogens with zero attached hydrogens (tertiary/aromatic N) is 1. The Hall–Kier alpha value is -1.36. The summed E-state index contributed by atoms with van der Waals surface area (Å²) in [5.41, 5.74) is 3.10. The standard InChI is InChI=1S/C13H20N4O/c1-2-13(4-5-13)8-15-12(18)11-9-7-14-6-3-10(9)16-17-11/h14H,2-8H2,1H3,(H,15,18)(H,16,17). The average molecular weight is 248 g/mol. The van der Waals surface area contributed by atoms with Crippen LogP contribution in [0.1, 0.15) is 47.9 Å². The van der Waals surface area contributed by atoms with E-state index in [1.807, 2.05) is 0 Å². The Morgan fingerprint density at radius 1 is 1.50 bits per heavy atom. The Bertz CT molecular complexity index is 462. The first-order valence-electron chi connectivity index (χ1n) is 6.79. The van der Waals surface area contributed by atoms with E-state index in [4.69, 9.17) is 0 Å². The molecule has 0 bridgehead atoms. The van der Waals surface area contributed by atoms with Crippen LogP contribution in [-0.4, -0.2) is 29.2 Å². The fourth-order valence-electron chi connectivity index (χ4n) is 2.60. The number of fused-ring (bicyclic) bond motifs is 1. The number of aromatic amines is 1. The maximum Gasteiger partial charge on any atom is 0.272 e. The summed E-state index contributed by atoms with van der Waals surface area (Å²) in [5.74, 6) is -0.0316. The minimum atomic E-state index is -0.0316. The number of amides is 1. The second-order valence-corrected chi connectivity index (χ2v) is 5.49. The van der Waals surface area contributed by atoms with Crippen LogP contribution in [-0.2, 0) is 13.0 Å². The highest BCUT2D eigenvalue weighted by molar-refractivity contribution is 5.94. The first-order chi connectivity index (χ1) is 8.74. The molecule has 0 spiro atoms. The van der Waals surface area contributed by atoms with Gasteiger partial charge in [-0.1, -0.05) is 6.92 Å². The lowest BCUT2D eigenvalue weighted by Gasteiger charge is -2.15. The SMILES string of the molecule is CCC1(CNC(=O)c2n[nH]c3c2CNCC3)CC1. The molecule has 1 saturated carbocycles. The van der Waals surface area contributed by atoms with Gasteiger partial charge in [0.15, 0.2) is 5.69 Å². The van der Waals surface area contributed by atoms with E-state index >= 15 is 0 Å². The minimum Gasteiger partial charge on any atom is -0.350 e. The van der Waals surface area contributed by atoms with Crippen molar-refractivity contribution < 1.29 is 4.79 Å². The number of carbonyl (C=O) groups is 1. The Morgan fingerprint density at radius 2 is 2.33 bits per heavy atom. The van der Waals surface area contributed by atoms with Gasteiger partial charge in [-0.15, -0.1) is 0 Å². The number of hydrogen-bond donors (Lipinski definition) is 3. The van der Waals surface area contributed by atoms with Crippen LogP contribution in [0.4, 0.5) is 0 Å². The molecule has 1 fully saturated rings. The van der Waals surface area contributed by atoms with Gasteiger partial charge in [-0.2, -0.15) is 5.10 Å². The highest BCUT2D eigenvalue weighted by atomic mass is 16.1. The normalized spacial score (nSPS) is 20.3. The van der Waals surface area contributed by atoms with Crippen LogP contribution in [0.15, 0.2) is 0 Å². The molecule has 1 aliphatic carbocycles. The largest absolute Gasteiger partial charge is 0.350 e. The lowest BCUT2D eigenvalue weighted by atomic mass is 10.0. The zero-order valence-corrected chi connectivity index (χ0v) is 10.8. The summed E-state index contributed by atoms with van der Waals surface area (Å²) in [6.45, 7) is 4.68. The van der Waals surface area contributed by atoms with Gasteiger partial charge in [0, 0.05) is 37.3 Å². The van der Waals surface area contributed by atoms with Crippen LogP contribution in [0.25, 0.3) is 0 Å². The molecule has 1 amide bonds. The van der Waals surface area contributed by atoms with Crippen LogP contribution >= 0.6 is 0 Å². The van der Waals surface area contributed by atoms with Crippen LogP contribution in [0.3, 0.4) is 0 Å². The molecule has 2 aliphatic rings. The molecule has 18 heavy (non-hydrogen) atoms. The Morgan fingerprint density at radius 3 is 3.06 bits per heavy atom. The maximum atomic E-state index is 12.1. The van der Waals surface area contributed by atoms with Crippen molar-refractivity contribution in [3.05, 3.63) is 17.0 Å². The van der Waals surface area contributed by atoms with Crippen molar-refractivity contribution in [1.82, 2.24) is 20.8 Å². The van der Waals surface area contributed by atoms with Gasteiger partial charge in [-0.05, 0) is 24.7 Å². The van der Waals surface area contributed by atoms with Gasteiger partial charge in [0.05, 0.1) is 0 Å². The number of H-pyrrole nitrogens is 1. The monoisotopic (exact) mass is 248 g/mol. The zero-order valence-electron chi connectivity index (χ0n) is 10.8. The number of hydrogen-bond acceptors (Lipinski definition) is 3. The molecular weight excluding hydrogens is 228 g/mol. The molecule has 0 atom stereocenters. The molecule has 0 radical (unpaired) electrons. The van der Waals surface area contributed by atoms with Gasteiger partial charge in [-0.3, -0.25) is 9.89 Å². The number of nitrogens with one attached hydrogen (secondary N) is 3. The van der Waals surface area contributed by atoms with Crippen LogP contribution in [0.2, 0.25) is 0 Å². The molecule has 2 heterocycles. The summed E-state index contributed by atoms with van der Waals surface area (Å²) in [6, 6.07) is 0. The molecule has 3 N–H and O–H groups in total. The first-order valence-corrected chi connectivity index (χ1v) is 6.79. The zero-order chi connectivity index (χ0) is 12.6. The second kappa shape index (κ2) is 4.39. The van der Waals surface area contributed by atoms with Gasteiger partial charge in [0.2, 0.25) is 0 Å². The third-order valence-corrected chi connectivity index (χ3v) is 4.35. The van der Waals surface area contributed by atoms with E-state index in [1.54, 1.807) is 0 Å². The second-order valence-electron chi connectivity index (χ2n) is 5.49. The summed E-state index contributed by atoms with van der Waals surface area (Å²) in [4.78, 5) is 12.1. The Labute approximate surface area is 107 Å². The summed E-state index contributed by atoms with van der Waals surface area (Å²) in [6.07, 6.45) is 4.55. The molecule has 1 aromatic rings. The van der Waals surface area contributed by atoms with Gasteiger partial charge in [0.1, 0.15) is 0 Å². The van der Waals surface area contributed by atoms with Crippen molar-refractivity contribution in [2.45, 2.75) is 39.2 Å². The highest BCUT2D eigenvalue weighted by Crippen LogP contribution is 2.47. The topological polar surface area (TPSA) is 69.8 Å². The molecule has 0 unspecified atom stereocenters. The fraction of sp³-hybridized carbons (Fsp3) is 0.692. The molecule has 0 aromatic carbocycles. The van der Waals surface area contributed by atoms with E-state index < -0.39 is 0 Å². The van der Waals surface area contributed by atoms with Crippen molar-refractivity contribution in [3.63, 3.8) is 0 Å². The van der Waals surface area contributed by atoms with Crippen molar-refractivity contribution in [3.8, 4) is 0 Å². The number of carbonyl (C=O) groups excluding carboxylic acids is 1. The lowest BCUT2D eigenvalue weighted by molar-refractivity contribution is 0.0938. The molecule has 5 nitrogen and oxygen atoms in total. The molecule has 0 saturated heterocycles. The molecule has 98 valence electrons. The Kier molecular flexibility index (Phi) is 2.86. The van der Waals surface area contributed by atoms with Gasteiger partial charge < -0.3 is 10.6 Å². The van der Waals surface area contributed by atoms with E-state index in [0.717, 1.165) is 43.7 Å².